The topological polar surface area (TPSA) is 115 Å². The fourth-order valence-electron chi connectivity index (χ4n) is 0. The molecule has 0 bridgehead atoms. The highest BCUT2D eigenvalue weighted by Crippen LogP contribution is 1.98. The van der Waals surface area contributed by atoms with Crippen molar-refractivity contribution >= 4 is 16.5 Å². The summed E-state index contributed by atoms with van der Waals surface area (Å²) in [5.74, 6) is 0. The van der Waals surface area contributed by atoms with E-state index in [1.54, 1.807) is 0 Å². The molecule has 4 N–H and O–H groups in total. The largest absolute Gasteiger partial charge is 0.692 e. The Labute approximate surface area is 66.4 Å². The molecule has 0 atom stereocenters. The SMILES string of the molecule is CCC.O=[P+](O)O.O=[P+](O)O. The molecule has 0 heterocycles. The van der Waals surface area contributed by atoms with Crippen LogP contribution in [0.5, 0.6) is 0 Å². The van der Waals surface area contributed by atoms with Crippen LogP contribution < -0.4 is 0 Å². The van der Waals surface area contributed by atoms with E-state index in [1.165, 1.54) is 6.42 Å². The van der Waals surface area contributed by atoms with E-state index in [1.807, 2.05) is 0 Å². The van der Waals surface area contributed by atoms with Gasteiger partial charge < -0.3 is 0 Å². The van der Waals surface area contributed by atoms with Crippen LogP contribution in [0.1, 0.15) is 20.3 Å². The Bertz CT molecular complexity index is 84.0. The van der Waals surface area contributed by atoms with Gasteiger partial charge in [0.25, 0.3) is 0 Å². The second-order valence-corrected chi connectivity index (χ2v) is 2.22. The summed E-state index contributed by atoms with van der Waals surface area (Å²) >= 11 is 0. The summed E-state index contributed by atoms with van der Waals surface area (Å²) in [5.41, 5.74) is 0. The molecule has 0 spiro atoms. The molecule has 0 aromatic heterocycles. The summed E-state index contributed by atoms with van der Waals surface area (Å²) < 4.78 is 17.4. The van der Waals surface area contributed by atoms with E-state index in [2.05, 4.69) is 13.8 Å². The molecule has 0 unspecified atom stereocenters. The monoisotopic (exact) mass is 206 g/mol. The quantitative estimate of drug-likeness (QED) is 0.433. The maximum atomic E-state index is 8.70. The molecular weight excluding hydrogens is 194 g/mol. The van der Waals surface area contributed by atoms with Gasteiger partial charge in [-0.15, -0.1) is 19.6 Å². The minimum atomic E-state index is -2.87. The normalized spacial score (nSPS) is 6.36. The Balaban J connectivity index is -0.0000000886. The number of rotatable bonds is 0. The van der Waals surface area contributed by atoms with Gasteiger partial charge in [-0.2, -0.15) is 0 Å². The van der Waals surface area contributed by atoms with Crippen LogP contribution in [0.4, 0.5) is 0 Å². The highest BCUT2D eigenvalue weighted by atomic mass is 31.1. The maximum absolute atomic E-state index is 8.70. The Morgan fingerprint density at radius 2 is 0.909 bits per heavy atom. The van der Waals surface area contributed by atoms with E-state index < -0.39 is 16.5 Å². The molecule has 0 fully saturated rings. The van der Waals surface area contributed by atoms with Crippen LogP contribution >= 0.6 is 16.5 Å². The predicted molar refractivity (Wildman–Crippen MR) is 40.1 cm³/mol. The van der Waals surface area contributed by atoms with Crippen molar-refractivity contribution in [2.24, 2.45) is 0 Å². The molecule has 8 heteroatoms. The van der Waals surface area contributed by atoms with E-state index in [-0.39, 0.29) is 0 Å². The smallest absolute Gasteiger partial charge is 0.134 e. The first-order valence-electron chi connectivity index (χ1n) is 2.58. The van der Waals surface area contributed by atoms with Crippen LogP contribution in [0, 0.1) is 0 Å². The zero-order valence-corrected chi connectivity index (χ0v) is 8.00. The second-order valence-electron chi connectivity index (χ2n) is 1.21. The average molecular weight is 206 g/mol. The van der Waals surface area contributed by atoms with Gasteiger partial charge in [-0.3, -0.25) is 0 Å². The van der Waals surface area contributed by atoms with Gasteiger partial charge >= 0.3 is 16.5 Å². The molecule has 6 nitrogen and oxygen atoms in total. The molecule has 0 rings (SSSR count). The second kappa shape index (κ2) is 16.6. The first-order chi connectivity index (χ1) is 4.88. The van der Waals surface area contributed by atoms with Gasteiger partial charge in [0.1, 0.15) is 0 Å². The fourth-order valence-corrected chi connectivity index (χ4v) is 0. The molecule has 0 radical (unpaired) electrons. The highest BCUT2D eigenvalue weighted by Gasteiger charge is 1.93. The molecule has 0 aliphatic heterocycles. The van der Waals surface area contributed by atoms with E-state index >= 15 is 0 Å². The van der Waals surface area contributed by atoms with Crippen LogP contribution in [-0.2, 0) is 9.13 Å². The van der Waals surface area contributed by atoms with Crippen molar-refractivity contribution in [3.63, 3.8) is 0 Å². The molecule has 68 valence electrons. The number of hydrogen-bond acceptors (Lipinski definition) is 2. The van der Waals surface area contributed by atoms with Crippen LogP contribution in [0.25, 0.3) is 0 Å². The van der Waals surface area contributed by atoms with Gasteiger partial charge in [-0.05, 0) is 0 Å². The van der Waals surface area contributed by atoms with E-state index in [4.69, 9.17) is 28.7 Å². The summed E-state index contributed by atoms with van der Waals surface area (Å²) in [5, 5.41) is 0. The minimum absolute atomic E-state index is 1.25. The first kappa shape index (κ1) is 17.2. The predicted octanol–water partition coefficient (Wildman–Crippen LogP) is 0.673. The minimum Gasteiger partial charge on any atom is -0.134 e. The zero-order chi connectivity index (χ0) is 9.86. The van der Waals surface area contributed by atoms with E-state index in [0.717, 1.165) is 0 Å². The zero-order valence-electron chi connectivity index (χ0n) is 6.21. The third-order valence-corrected chi connectivity index (χ3v) is 0. The summed E-state index contributed by atoms with van der Waals surface area (Å²) in [4.78, 5) is 28.5. The Hall–Kier alpha value is 0.0400. The Kier molecular flexibility index (Phi) is 25.9. The standard InChI is InChI=1S/C3H8.2HO3P/c1-3-2;2*1-4(2)3/h3H2,1-2H3;2*(H-,1,2,3)/p+2. The molecular formula is C3H12O6P2+2. The van der Waals surface area contributed by atoms with Crippen molar-refractivity contribution in [3.8, 4) is 0 Å². The molecule has 0 saturated carbocycles. The van der Waals surface area contributed by atoms with Crippen molar-refractivity contribution < 1.29 is 28.7 Å². The Morgan fingerprint density at radius 1 is 0.909 bits per heavy atom. The lowest BCUT2D eigenvalue weighted by Crippen LogP contribution is -1.38. The summed E-state index contributed by atoms with van der Waals surface area (Å²) in [6.07, 6.45) is 1.25. The van der Waals surface area contributed by atoms with Gasteiger partial charge in [0.2, 0.25) is 0 Å². The van der Waals surface area contributed by atoms with Gasteiger partial charge in [0, 0.05) is 9.13 Å². The molecule has 0 aliphatic carbocycles. The van der Waals surface area contributed by atoms with Gasteiger partial charge in [-0.1, -0.05) is 20.3 Å². The van der Waals surface area contributed by atoms with Crippen LogP contribution in [0.3, 0.4) is 0 Å². The van der Waals surface area contributed by atoms with Crippen molar-refractivity contribution in [2.75, 3.05) is 0 Å². The fraction of sp³-hybridized carbons (Fsp3) is 1.00. The molecule has 0 aromatic carbocycles. The molecule has 11 heavy (non-hydrogen) atoms. The van der Waals surface area contributed by atoms with Crippen molar-refractivity contribution in [2.45, 2.75) is 20.3 Å². The lowest BCUT2D eigenvalue weighted by Gasteiger charge is -1.48. The third-order valence-electron chi connectivity index (χ3n) is 0. The summed E-state index contributed by atoms with van der Waals surface area (Å²) in [7, 11) is -5.74. The van der Waals surface area contributed by atoms with Crippen molar-refractivity contribution in [1.82, 2.24) is 0 Å². The van der Waals surface area contributed by atoms with Crippen LogP contribution in [0.2, 0.25) is 0 Å². The van der Waals surface area contributed by atoms with Crippen molar-refractivity contribution in [1.29, 1.82) is 0 Å². The number of hydrogen-bond donors (Lipinski definition) is 4. The first-order valence-corrected chi connectivity index (χ1v) is 4.91. The lowest BCUT2D eigenvalue weighted by molar-refractivity contribution is 0.403. The molecule has 0 amide bonds. The maximum Gasteiger partial charge on any atom is 0.692 e. The van der Waals surface area contributed by atoms with Crippen LogP contribution in [0.15, 0.2) is 0 Å². The van der Waals surface area contributed by atoms with E-state index in [9.17, 15) is 0 Å². The van der Waals surface area contributed by atoms with Gasteiger partial charge in [-0.25, -0.2) is 0 Å². The average Bonchev–Trinajstić information content (AvgIpc) is 1.60. The molecule has 0 aromatic rings. The van der Waals surface area contributed by atoms with E-state index in [0.29, 0.717) is 0 Å². The summed E-state index contributed by atoms with van der Waals surface area (Å²) in [6.45, 7) is 4.25. The third kappa shape index (κ3) is 406000. The molecule has 0 saturated heterocycles. The van der Waals surface area contributed by atoms with Gasteiger partial charge in [0.15, 0.2) is 0 Å². The van der Waals surface area contributed by atoms with Crippen LogP contribution in [-0.4, -0.2) is 19.6 Å². The summed E-state index contributed by atoms with van der Waals surface area (Å²) in [6, 6.07) is 0. The highest BCUT2D eigenvalue weighted by molar-refractivity contribution is 7.31. The Morgan fingerprint density at radius 3 is 0.909 bits per heavy atom. The lowest BCUT2D eigenvalue weighted by atomic mass is 10.6. The van der Waals surface area contributed by atoms with Crippen molar-refractivity contribution in [3.05, 3.63) is 0 Å². The van der Waals surface area contributed by atoms with Gasteiger partial charge in [0.05, 0.1) is 0 Å². The molecule has 0 aliphatic rings.